The molecule has 0 spiro atoms. The molecule has 1 atom stereocenters. The average molecular weight is 557 g/mol. The maximum absolute atomic E-state index is 13.4. The van der Waals surface area contributed by atoms with E-state index in [1.807, 2.05) is 26.8 Å². The van der Waals surface area contributed by atoms with Crippen LogP contribution >= 0.6 is 11.6 Å². The zero-order valence-electron chi connectivity index (χ0n) is 23.9. The maximum Gasteiger partial charge on any atom is 0.253 e. The predicted molar refractivity (Wildman–Crippen MR) is 154 cm³/mol. The topological polar surface area (TPSA) is 86.9 Å². The van der Waals surface area contributed by atoms with E-state index in [9.17, 15) is 9.59 Å². The number of nitrogens with zero attached hydrogens (tertiary/aromatic N) is 2. The second-order valence-corrected chi connectivity index (χ2v) is 12.0. The van der Waals surface area contributed by atoms with Gasteiger partial charge in [0.2, 0.25) is 0 Å². The number of aromatic nitrogens is 1. The number of aryl methyl sites for hydroxylation is 2. The molecule has 1 aliphatic carbocycles. The molecule has 2 aromatic rings. The van der Waals surface area contributed by atoms with Gasteiger partial charge in [0.25, 0.3) is 11.5 Å². The first-order valence-corrected chi connectivity index (χ1v) is 14.5. The Balaban J connectivity index is 1.33. The van der Waals surface area contributed by atoms with Crippen LogP contribution in [0, 0.1) is 26.7 Å². The Hall–Kier alpha value is -2.55. The minimum atomic E-state index is -0.526. The highest BCUT2D eigenvalue weighted by Gasteiger charge is 2.50. The van der Waals surface area contributed by atoms with Gasteiger partial charge in [-0.2, -0.15) is 0 Å². The predicted octanol–water partition coefficient (Wildman–Crippen LogP) is 4.71. The fourth-order valence-corrected chi connectivity index (χ4v) is 7.12. The molecular formula is C30H41ClN4O4. The number of hydrogen-bond donors (Lipinski definition) is 2. The molecule has 3 aliphatic rings. The molecule has 2 N–H and O–H groups in total. The molecule has 3 heterocycles. The second-order valence-electron chi connectivity index (χ2n) is 11.6. The largest absolute Gasteiger partial charge is 0.464 e. The van der Waals surface area contributed by atoms with Gasteiger partial charge in [0.15, 0.2) is 11.5 Å². The molecule has 1 aromatic carbocycles. The first kappa shape index (κ1) is 28.0. The molecule has 0 radical (unpaired) electrons. The quantitative estimate of drug-likeness (QED) is 0.514. The highest BCUT2D eigenvalue weighted by molar-refractivity contribution is 6.33. The number of fused-ring (bicyclic) bond motifs is 1. The number of anilines is 1. The number of H-pyrrole nitrogens is 1. The van der Waals surface area contributed by atoms with Crippen LogP contribution < -0.4 is 20.5 Å². The summed E-state index contributed by atoms with van der Waals surface area (Å²) in [5, 5.41) is 3.37. The average Bonchev–Trinajstić information content (AvgIpc) is 3.19. The van der Waals surface area contributed by atoms with Crippen molar-refractivity contribution < 1.29 is 14.3 Å². The van der Waals surface area contributed by atoms with Crippen molar-refractivity contribution in [1.82, 2.24) is 15.2 Å². The van der Waals surface area contributed by atoms with Crippen LogP contribution in [0.15, 0.2) is 16.9 Å². The smallest absolute Gasteiger partial charge is 0.253 e. The van der Waals surface area contributed by atoms with E-state index >= 15 is 0 Å². The summed E-state index contributed by atoms with van der Waals surface area (Å²) in [6.07, 6.45) is 4.82. The number of methoxy groups -OCH3 is 1. The number of hydrogen-bond acceptors (Lipinski definition) is 6. The molecule has 2 aliphatic heterocycles. The summed E-state index contributed by atoms with van der Waals surface area (Å²) in [7, 11) is 1.79. The molecule has 2 fully saturated rings. The number of ether oxygens (including phenoxy) is 2. The van der Waals surface area contributed by atoms with Crippen LogP contribution in [-0.4, -0.2) is 60.4 Å². The molecule has 5 rings (SSSR count). The minimum absolute atomic E-state index is 0.144. The summed E-state index contributed by atoms with van der Waals surface area (Å²) >= 11 is 6.78. The van der Waals surface area contributed by atoms with Gasteiger partial charge in [-0.3, -0.25) is 14.5 Å². The molecule has 9 heteroatoms. The number of benzene rings is 1. The number of carbonyl (C=O) groups excluding carboxylic acids is 1. The van der Waals surface area contributed by atoms with Crippen molar-refractivity contribution in [1.29, 1.82) is 0 Å². The van der Waals surface area contributed by atoms with E-state index in [-0.39, 0.29) is 18.0 Å². The van der Waals surface area contributed by atoms with Crippen LogP contribution in [0.25, 0.3) is 0 Å². The van der Waals surface area contributed by atoms with Crippen molar-refractivity contribution >= 4 is 23.2 Å². The Morgan fingerprint density at radius 3 is 2.51 bits per heavy atom. The van der Waals surface area contributed by atoms with Crippen LogP contribution in [0.3, 0.4) is 0 Å². The van der Waals surface area contributed by atoms with Crippen molar-refractivity contribution in [3.05, 3.63) is 55.5 Å². The number of carbonyl (C=O) groups is 1. The van der Waals surface area contributed by atoms with E-state index in [0.717, 1.165) is 67.8 Å². The van der Waals surface area contributed by atoms with Gasteiger partial charge in [0.05, 0.1) is 16.8 Å². The fourth-order valence-electron chi connectivity index (χ4n) is 6.89. The summed E-state index contributed by atoms with van der Waals surface area (Å²) in [5.74, 6) is 0.754. The lowest BCUT2D eigenvalue weighted by molar-refractivity contribution is -0.0680. The number of likely N-dealkylation sites (tertiary alicyclic amines) is 1. The highest BCUT2D eigenvalue weighted by Crippen LogP contribution is 2.53. The number of nitrogens with one attached hydrogen (secondary N) is 2. The summed E-state index contributed by atoms with van der Waals surface area (Å²) in [4.78, 5) is 33.5. The van der Waals surface area contributed by atoms with E-state index in [4.69, 9.17) is 21.1 Å². The second kappa shape index (κ2) is 10.8. The first-order chi connectivity index (χ1) is 18.6. The lowest BCUT2D eigenvalue weighted by Crippen LogP contribution is -2.59. The molecule has 1 unspecified atom stereocenters. The number of amides is 1. The van der Waals surface area contributed by atoms with E-state index in [2.05, 4.69) is 33.9 Å². The van der Waals surface area contributed by atoms with Gasteiger partial charge < -0.3 is 24.7 Å². The van der Waals surface area contributed by atoms with Crippen LogP contribution in [0.1, 0.15) is 72.3 Å². The first-order valence-electron chi connectivity index (χ1n) is 14.1. The van der Waals surface area contributed by atoms with E-state index < -0.39 is 5.72 Å². The van der Waals surface area contributed by atoms with Gasteiger partial charge in [-0.1, -0.05) is 11.6 Å². The van der Waals surface area contributed by atoms with Crippen LogP contribution in [0.4, 0.5) is 5.69 Å². The van der Waals surface area contributed by atoms with Gasteiger partial charge >= 0.3 is 0 Å². The zero-order chi connectivity index (χ0) is 28.1. The van der Waals surface area contributed by atoms with E-state index in [1.54, 1.807) is 13.2 Å². The Labute approximate surface area is 236 Å². The monoisotopic (exact) mass is 556 g/mol. The molecule has 0 bridgehead atoms. The number of rotatable bonds is 7. The van der Waals surface area contributed by atoms with Gasteiger partial charge in [0.1, 0.15) is 0 Å². The molecule has 212 valence electrons. The molecule has 1 saturated carbocycles. The summed E-state index contributed by atoms with van der Waals surface area (Å²) in [6.45, 7) is 12.9. The third kappa shape index (κ3) is 4.96. The highest BCUT2D eigenvalue weighted by atomic mass is 35.5. The molecule has 39 heavy (non-hydrogen) atoms. The maximum atomic E-state index is 13.4. The standard InChI is InChI=1S/C30H41ClN4O4/c1-7-35-26-19(4)23(28(36)32-14-24-17(2)12-18(3)33-29(24)37)13-25(31)27(26)39-30(35,5)20-8-10-21(11-9-20)34-15-22(16-34)38-6/h12-13,20-22H,7-11,14-16H2,1-6H3,(H,32,36)(H,33,37). The SMILES string of the molecule is CCN1c2c(C)c(C(=O)NCc3c(C)cc(C)[nH]c3=O)cc(Cl)c2OC1(C)C1CCC(N2CC(OC)C2)CC1. The normalized spacial score (nSPS) is 25.3. The van der Waals surface area contributed by atoms with Crippen LogP contribution in [0.2, 0.25) is 5.02 Å². The Morgan fingerprint density at radius 1 is 1.21 bits per heavy atom. The fraction of sp³-hybridized carbons (Fsp3) is 0.600. The third-order valence-electron chi connectivity index (χ3n) is 9.24. The third-order valence-corrected chi connectivity index (χ3v) is 9.52. The van der Waals surface area contributed by atoms with E-state index in [1.165, 1.54) is 0 Å². The van der Waals surface area contributed by atoms with Crippen LogP contribution in [-0.2, 0) is 11.3 Å². The van der Waals surface area contributed by atoms with Gasteiger partial charge in [-0.15, -0.1) is 0 Å². The molecule has 1 aromatic heterocycles. The van der Waals surface area contributed by atoms with Crippen molar-refractivity contribution in [2.24, 2.45) is 5.92 Å². The number of aromatic amines is 1. The minimum Gasteiger partial charge on any atom is -0.464 e. The number of halogens is 1. The molecule has 1 amide bonds. The zero-order valence-corrected chi connectivity index (χ0v) is 24.7. The molecular weight excluding hydrogens is 516 g/mol. The van der Waals surface area contributed by atoms with Gasteiger partial charge in [-0.25, -0.2) is 0 Å². The van der Waals surface area contributed by atoms with Crippen molar-refractivity contribution in [2.75, 3.05) is 31.6 Å². The lowest BCUT2D eigenvalue weighted by atomic mass is 9.78. The molecule has 8 nitrogen and oxygen atoms in total. The Kier molecular flexibility index (Phi) is 7.74. The Bertz CT molecular complexity index is 1310. The van der Waals surface area contributed by atoms with Gasteiger partial charge in [0, 0.05) is 62.1 Å². The van der Waals surface area contributed by atoms with Crippen LogP contribution in [0.5, 0.6) is 5.75 Å². The van der Waals surface area contributed by atoms with Gasteiger partial charge in [-0.05, 0) is 83.6 Å². The lowest BCUT2D eigenvalue weighted by Gasteiger charge is -2.49. The summed E-state index contributed by atoms with van der Waals surface area (Å²) in [5.41, 5.74) is 3.73. The number of pyridine rings is 1. The van der Waals surface area contributed by atoms with E-state index in [0.29, 0.717) is 40.0 Å². The summed E-state index contributed by atoms with van der Waals surface area (Å²) in [6, 6.07) is 4.22. The van der Waals surface area contributed by atoms with Crippen molar-refractivity contribution in [3.63, 3.8) is 0 Å². The Morgan fingerprint density at radius 2 is 1.90 bits per heavy atom. The van der Waals surface area contributed by atoms with Crippen molar-refractivity contribution in [3.8, 4) is 5.75 Å². The summed E-state index contributed by atoms with van der Waals surface area (Å²) < 4.78 is 12.2. The van der Waals surface area contributed by atoms with Crippen molar-refractivity contribution in [2.45, 2.75) is 84.7 Å². The molecule has 1 saturated heterocycles.